The summed E-state index contributed by atoms with van der Waals surface area (Å²) in [6.07, 6.45) is 3.87. The molecule has 0 saturated carbocycles. The molecule has 0 radical (unpaired) electrons. The predicted molar refractivity (Wildman–Crippen MR) is 142 cm³/mol. The molecule has 36 heavy (non-hydrogen) atoms. The monoisotopic (exact) mass is 501 g/mol. The van der Waals surface area contributed by atoms with Gasteiger partial charge in [0, 0.05) is 43.7 Å². The molecule has 1 saturated heterocycles. The van der Waals surface area contributed by atoms with E-state index in [0.29, 0.717) is 6.54 Å². The van der Waals surface area contributed by atoms with Crippen molar-refractivity contribution in [3.8, 4) is 11.1 Å². The third kappa shape index (κ3) is 5.72. The van der Waals surface area contributed by atoms with E-state index in [9.17, 15) is 5.11 Å². The van der Waals surface area contributed by atoms with Crippen molar-refractivity contribution in [1.82, 2.24) is 9.55 Å². The van der Waals surface area contributed by atoms with Gasteiger partial charge >= 0.3 is 0 Å². The first kappa shape index (κ1) is 24.7. The Hall–Kier alpha value is -2.94. The molecule has 3 aromatic carbocycles. The zero-order valence-electron chi connectivity index (χ0n) is 20.3. The van der Waals surface area contributed by atoms with E-state index in [1.165, 1.54) is 0 Å². The molecular weight excluding hydrogens is 470 g/mol. The van der Waals surface area contributed by atoms with E-state index in [2.05, 4.69) is 35.3 Å². The van der Waals surface area contributed by atoms with Crippen molar-refractivity contribution in [3.63, 3.8) is 0 Å². The van der Waals surface area contributed by atoms with Crippen molar-refractivity contribution in [2.45, 2.75) is 43.2 Å². The summed E-state index contributed by atoms with van der Waals surface area (Å²) in [6, 6.07) is 24.6. The van der Waals surface area contributed by atoms with Gasteiger partial charge in [0.2, 0.25) is 0 Å². The lowest BCUT2D eigenvalue weighted by Gasteiger charge is -2.36. The van der Waals surface area contributed by atoms with Crippen LogP contribution in [0.1, 0.15) is 41.1 Å². The highest BCUT2D eigenvalue weighted by Gasteiger charge is 2.32. The molecule has 1 fully saturated rings. The number of aliphatic hydroxyl groups excluding tert-OH is 1. The Labute approximate surface area is 216 Å². The quantitative estimate of drug-likeness (QED) is 0.316. The standard InChI is InChI=1S/C29H31N3O3S/c1-32-13-12-31-29(32)36-19-26-16-27(22-10-8-20(18-33)9-11-22)35-28(34-26)25-7-3-6-24(15-25)23-5-2-4-21(14-23)17-30/h2-15,26-28,33H,16-19,30H2,1H3/t26-,27+,28+/m0/s1. The average Bonchev–Trinajstić information content (AvgIpc) is 3.36. The Morgan fingerprint density at radius 1 is 0.972 bits per heavy atom. The van der Waals surface area contributed by atoms with Gasteiger partial charge in [0.1, 0.15) is 0 Å². The Balaban J connectivity index is 1.41. The molecule has 4 aromatic rings. The normalized spacial score (nSPS) is 19.9. The van der Waals surface area contributed by atoms with Gasteiger partial charge in [-0.15, -0.1) is 0 Å². The number of nitrogens with two attached hydrogens (primary N) is 1. The fourth-order valence-electron chi connectivity index (χ4n) is 4.42. The van der Waals surface area contributed by atoms with Gasteiger partial charge in [0.15, 0.2) is 11.4 Å². The van der Waals surface area contributed by atoms with Crippen LogP contribution in [0.15, 0.2) is 90.3 Å². The molecule has 1 aromatic heterocycles. The first-order chi connectivity index (χ1) is 17.6. The van der Waals surface area contributed by atoms with Crippen molar-refractivity contribution < 1.29 is 14.6 Å². The fraction of sp³-hybridized carbons (Fsp3) is 0.276. The number of aliphatic hydroxyl groups is 1. The Morgan fingerprint density at radius 2 is 1.75 bits per heavy atom. The largest absolute Gasteiger partial charge is 0.392 e. The van der Waals surface area contributed by atoms with Gasteiger partial charge in [-0.05, 0) is 39.9 Å². The highest BCUT2D eigenvalue weighted by atomic mass is 32.2. The fourth-order valence-corrected chi connectivity index (χ4v) is 5.37. The first-order valence-corrected chi connectivity index (χ1v) is 13.1. The maximum Gasteiger partial charge on any atom is 0.184 e. The zero-order valence-corrected chi connectivity index (χ0v) is 21.1. The first-order valence-electron chi connectivity index (χ1n) is 12.1. The Bertz CT molecular complexity index is 1290. The van der Waals surface area contributed by atoms with Crippen LogP contribution in [-0.2, 0) is 29.7 Å². The molecule has 0 spiro atoms. The van der Waals surface area contributed by atoms with Gasteiger partial charge in [-0.2, -0.15) is 0 Å². The smallest absolute Gasteiger partial charge is 0.184 e. The van der Waals surface area contributed by atoms with E-state index in [-0.39, 0.29) is 18.8 Å². The van der Waals surface area contributed by atoms with Crippen LogP contribution in [0.5, 0.6) is 0 Å². The molecule has 186 valence electrons. The van der Waals surface area contributed by atoms with Crippen LogP contribution in [0.3, 0.4) is 0 Å². The minimum atomic E-state index is -0.495. The summed E-state index contributed by atoms with van der Waals surface area (Å²) in [5.41, 5.74) is 12.1. The topological polar surface area (TPSA) is 82.5 Å². The highest BCUT2D eigenvalue weighted by Crippen LogP contribution is 2.40. The number of benzene rings is 3. The molecule has 3 atom stereocenters. The molecule has 6 nitrogen and oxygen atoms in total. The van der Waals surface area contributed by atoms with Gasteiger partial charge < -0.3 is 24.9 Å². The van der Waals surface area contributed by atoms with Crippen molar-refractivity contribution >= 4 is 11.8 Å². The van der Waals surface area contributed by atoms with Gasteiger partial charge in [-0.25, -0.2) is 4.98 Å². The second-order valence-electron chi connectivity index (χ2n) is 9.01. The molecular formula is C29H31N3O3S. The third-order valence-corrected chi connectivity index (χ3v) is 7.64. The second kappa shape index (κ2) is 11.4. The molecule has 1 aliphatic rings. The van der Waals surface area contributed by atoms with Crippen molar-refractivity contribution in [2.75, 3.05) is 5.75 Å². The number of hydrogen-bond acceptors (Lipinski definition) is 6. The minimum absolute atomic E-state index is 0.0165. The maximum atomic E-state index is 9.44. The molecule has 3 N–H and O–H groups in total. The molecule has 0 aliphatic carbocycles. The van der Waals surface area contributed by atoms with E-state index in [1.807, 2.05) is 66.5 Å². The number of ether oxygens (including phenoxy) is 2. The highest BCUT2D eigenvalue weighted by molar-refractivity contribution is 7.99. The van der Waals surface area contributed by atoms with Gasteiger partial charge in [-0.3, -0.25) is 0 Å². The van der Waals surface area contributed by atoms with Crippen LogP contribution < -0.4 is 5.73 Å². The lowest BCUT2D eigenvalue weighted by molar-refractivity contribution is -0.245. The number of nitrogens with zero attached hydrogens (tertiary/aromatic N) is 2. The van der Waals surface area contributed by atoms with E-state index < -0.39 is 6.29 Å². The van der Waals surface area contributed by atoms with Gasteiger partial charge in [-0.1, -0.05) is 72.4 Å². The summed E-state index contributed by atoms with van der Waals surface area (Å²) in [4.78, 5) is 4.44. The molecule has 0 amide bonds. The second-order valence-corrected chi connectivity index (χ2v) is 10.00. The van der Waals surface area contributed by atoms with Crippen molar-refractivity contribution in [1.29, 1.82) is 0 Å². The van der Waals surface area contributed by atoms with Crippen LogP contribution in [0.4, 0.5) is 0 Å². The van der Waals surface area contributed by atoms with Crippen LogP contribution in [0.2, 0.25) is 0 Å². The minimum Gasteiger partial charge on any atom is -0.392 e. The van der Waals surface area contributed by atoms with Crippen molar-refractivity contribution in [2.24, 2.45) is 12.8 Å². The molecule has 7 heteroatoms. The summed E-state index contributed by atoms with van der Waals surface area (Å²) in [6.45, 7) is 0.535. The predicted octanol–water partition coefficient (Wildman–Crippen LogP) is 5.38. The zero-order chi connectivity index (χ0) is 24.9. The van der Waals surface area contributed by atoms with Crippen molar-refractivity contribution in [3.05, 3.63) is 107 Å². The molecule has 2 heterocycles. The summed E-state index contributed by atoms with van der Waals surface area (Å²) >= 11 is 1.69. The summed E-state index contributed by atoms with van der Waals surface area (Å²) in [5.74, 6) is 0.772. The van der Waals surface area contributed by atoms with Gasteiger partial charge in [0.05, 0.1) is 18.8 Å². The Kier molecular flexibility index (Phi) is 7.84. The number of aromatic nitrogens is 2. The van der Waals surface area contributed by atoms with E-state index in [1.54, 1.807) is 11.8 Å². The van der Waals surface area contributed by atoms with E-state index >= 15 is 0 Å². The lowest BCUT2D eigenvalue weighted by Crippen LogP contribution is -2.31. The summed E-state index contributed by atoms with van der Waals surface area (Å²) in [5, 5.41) is 10.4. The van der Waals surface area contributed by atoms with Crippen LogP contribution in [-0.4, -0.2) is 26.5 Å². The van der Waals surface area contributed by atoms with E-state index in [0.717, 1.165) is 50.7 Å². The molecule has 0 unspecified atom stereocenters. The number of rotatable bonds is 8. The van der Waals surface area contributed by atoms with Crippen LogP contribution in [0, 0.1) is 0 Å². The third-order valence-electron chi connectivity index (χ3n) is 6.45. The number of hydrogen-bond donors (Lipinski definition) is 2. The maximum absolute atomic E-state index is 9.44. The number of aryl methyl sites for hydroxylation is 1. The summed E-state index contributed by atoms with van der Waals surface area (Å²) < 4.78 is 15.0. The van der Waals surface area contributed by atoms with Crippen LogP contribution in [0.25, 0.3) is 11.1 Å². The number of imidazole rings is 1. The SMILES string of the molecule is Cn1ccnc1SC[C@@H]1C[C@H](c2ccc(CO)cc2)O[C@H](c2cccc(-c3cccc(CN)c3)c2)O1. The lowest BCUT2D eigenvalue weighted by atomic mass is 9.99. The molecule has 5 rings (SSSR count). The van der Waals surface area contributed by atoms with E-state index in [4.69, 9.17) is 15.2 Å². The average molecular weight is 502 g/mol. The number of thioether (sulfide) groups is 1. The molecule has 0 bridgehead atoms. The van der Waals surface area contributed by atoms with Gasteiger partial charge in [0.25, 0.3) is 0 Å². The Morgan fingerprint density at radius 3 is 2.47 bits per heavy atom. The summed E-state index contributed by atoms with van der Waals surface area (Å²) in [7, 11) is 2.00. The van der Waals surface area contributed by atoms with Crippen LogP contribution >= 0.6 is 11.8 Å². The molecule has 1 aliphatic heterocycles.